The van der Waals surface area contributed by atoms with Crippen LogP contribution in [0.3, 0.4) is 0 Å². The highest BCUT2D eigenvalue weighted by Crippen LogP contribution is 2.33. The van der Waals surface area contributed by atoms with Crippen molar-refractivity contribution >= 4 is 29.1 Å². The van der Waals surface area contributed by atoms with Crippen LogP contribution < -0.4 is 5.73 Å². The Morgan fingerprint density at radius 1 is 1.45 bits per heavy atom. The Hall–Kier alpha value is -1.21. The summed E-state index contributed by atoms with van der Waals surface area (Å²) >= 11 is 5.09. The minimum atomic E-state index is -0.849. The van der Waals surface area contributed by atoms with Crippen molar-refractivity contribution in [3.63, 3.8) is 0 Å². The lowest BCUT2D eigenvalue weighted by molar-refractivity contribution is -0.148. The smallest absolute Gasteiger partial charge is 0.310 e. The molecule has 7 heteroatoms. The Morgan fingerprint density at radius 2 is 2.00 bits per heavy atom. The van der Waals surface area contributed by atoms with Crippen molar-refractivity contribution in [1.82, 2.24) is 4.90 Å². The van der Waals surface area contributed by atoms with Gasteiger partial charge in [-0.3, -0.25) is 9.59 Å². The molecule has 1 fully saturated rings. The van der Waals surface area contributed by atoms with Crippen LogP contribution in [-0.4, -0.2) is 55.7 Å². The largest absolute Gasteiger partial charge is 0.469 e. The van der Waals surface area contributed by atoms with E-state index >= 15 is 0 Å². The standard InChI is InChI=1S/C13H22N2O4S/c1-9(10(16)18-3)8-15(2)12(17)13(11(14)20)4-6-19-7-5-13/h9H,4-8H2,1-3H3,(H2,14,20). The number of esters is 1. The zero-order valence-electron chi connectivity index (χ0n) is 12.2. The molecule has 114 valence electrons. The topological polar surface area (TPSA) is 81.9 Å². The number of amides is 1. The van der Waals surface area contributed by atoms with Crippen molar-refractivity contribution in [3.8, 4) is 0 Å². The van der Waals surface area contributed by atoms with E-state index in [9.17, 15) is 9.59 Å². The number of nitrogens with zero attached hydrogens (tertiary/aromatic N) is 1. The zero-order chi connectivity index (χ0) is 15.3. The molecule has 0 radical (unpaired) electrons. The number of carbonyl (C=O) groups is 2. The predicted octanol–water partition coefficient (Wildman–Crippen LogP) is 0.337. The van der Waals surface area contributed by atoms with Gasteiger partial charge in [0.05, 0.1) is 18.0 Å². The third kappa shape index (κ3) is 3.46. The zero-order valence-corrected chi connectivity index (χ0v) is 13.0. The average molecular weight is 302 g/mol. The van der Waals surface area contributed by atoms with Crippen molar-refractivity contribution in [1.29, 1.82) is 0 Å². The molecule has 0 saturated carbocycles. The number of hydrogen-bond donors (Lipinski definition) is 1. The lowest BCUT2D eigenvalue weighted by Gasteiger charge is -2.38. The van der Waals surface area contributed by atoms with Crippen molar-refractivity contribution < 1.29 is 19.1 Å². The fourth-order valence-corrected chi connectivity index (χ4v) is 2.71. The van der Waals surface area contributed by atoms with Crippen LogP contribution in [0.1, 0.15) is 19.8 Å². The highest BCUT2D eigenvalue weighted by molar-refractivity contribution is 7.80. The monoisotopic (exact) mass is 302 g/mol. The summed E-state index contributed by atoms with van der Waals surface area (Å²) < 4.78 is 9.94. The minimum absolute atomic E-state index is 0.149. The molecule has 1 saturated heterocycles. The number of methoxy groups -OCH3 is 1. The Morgan fingerprint density at radius 3 is 2.45 bits per heavy atom. The fraction of sp³-hybridized carbons (Fsp3) is 0.769. The van der Waals surface area contributed by atoms with Crippen LogP contribution in [0.25, 0.3) is 0 Å². The second kappa shape index (κ2) is 6.99. The minimum Gasteiger partial charge on any atom is -0.469 e. The number of ether oxygens (including phenoxy) is 2. The first-order valence-electron chi connectivity index (χ1n) is 6.56. The van der Waals surface area contributed by atoms with Crippen LogP contribution in [0.4, 0.5) is 0 Å². The van der Waals surface area contributed by atoms with Gasteiger partial charge in [0, 0.05) is 26.8 Å². The first-order valence-corrected chi connectivity index (χ1v) is 6.97. The van der Waals surface area contributed by atoms with E-state index in [4.69, 9.17) is 22.7 Å². The molecule has 0 aromatic rings. The van der Waals surface area contributed by atoms with Crippen LogP contribution in [-0.2, 0) is 19.1 Å². The molecule has 1 atom stereocenters. The fourth-order valence-electron chi connectivity index (χ4n) is 2.42. The molecule has 0 aliphatic carbocycles. The molecule has 1 heterocycles. The van der Waals surface area contributed by atoms with Crippen LogP contribution in [0.5, 0.6) is 0 Å². The van der Waals surface area contributed by atoms with Crippen LogP contribution in [0.2, 0.25) is 0 Å². The predicted molar refractivity (Wildman–Crippen MR) is 78.1 cm³/mol. The number of rotatable bonds is 5. The lowest BCUT2D eigenvalue weighted by atomic mass is 9.78. The first kappa shape index (κ1) is 16.8. The van der Waals surface area contributed by atoms with E-state index < -0.39 is 11.3 Å². The average Bonchev–Trinajstić information content (AvgIpc) is 2.45. The van der Waals surface area contributed by atoms with E-state index in [1.165, 1.54) is 12.0 Å². The first-order chi connectivity index (χ1) is 9.35. The van der Waals surface area contributed by atoms with Gasteiger partial charge < -0.3 is 20.1 Å². The summed E-state index contributed by atoms with van der Waals surface area (Å²) in [7, 11) is 2.98. The molecule has 0 bridgehead atoms. The van der Waals surface area contributed by atoms with Gasteiger partial charge in [0.25, 0.3) is 0 Å². The molecule has 1 rings (SSSR count). The summed E-state index contributed by atoms with van der Waals surface area (Å²) in [4.78, 5) is 25.8. The van der Waals surface area contributed by atoms with Crippen LogP contribution >= 0.6 is 12.2 Å². The lowest BCUT2D eigenvalue weighted by Crippen LogP contribution is -2.53. The van der Waals surface area contributed by atoms with Crippen molar-refractivity contribution in [2.24, 2.45) is 17.1 Å². The number of nitrogens with two attached hydrogens (primary N) is 1. The van der Waals surface area contributed by atoms with Gasteiger partial charge in [0.1, 0.15) is 5.41 Å². The Balaban J connectivity index is 2.79. The molecule has 1 unspecified atom stereocenters. The van der Waals surface area contributed by atoms with E-state index in [0.29, 0.717) is 26.1 Å². The number of hydrogen-bond acceptors (Lipinski definition) is 5. The van der Waals surface area contributed by atoms with Gasteiger partial charge in [0.15, 0.2) is 0 Å². The SMILES string of the molecule is COC(=O)C(C)CN(C)C(=O)C1(C(N)=S)CCOCC1. The third-order valence-electron chi connectivity index (χ3n) is 3.73. The molecule has 0 spiro atoms. The molecule has 1 aliphatic rings. The summed E-state index contributed by atoms with van der Waals surface area (Å²) in [5, 5.41) is 0. The maximum absolute atomic E-state index is 12.7. The molecule has 0 aromatic carbocycles. The Bertz CT molecular complexity index is 394. The van der Waals surface area contributed by atoms with Gasteiger partial charge in [-0.15, -0.1) is 0 Å². The summed E-state index contributed by atoms with van der Waals surface area (Å²) in [6.45, 7) is 2.91. The maximum atomic E-state index is 12.7. The molecule has 1 aliphatic heterocycles. The third-order valence-corrected chi connectivity index (χ3v) is 4.12. The molecule has 0 aromatic heterocycles. The van der Waals surface area contributed by atoms with Crippen LogP contribution in [0.15, 0.2) is 0 Å². The quantitative estimate of drug-likeness (QED) is 0.582. The normalized spacial score (nSPS) is 18.9. The van der Waals surface area contributed by atoms with E-state index in [2.05, 4.69) is 4.74 Å². The highest BCUT2D eigenvalue weighted by Gasteiger charge is 2.44. The molecule has 1 amide bonds. The van der Waals surface area contributed by atoms with Gasteiger partial charge in [-0.05, 0) is 12.8 Å². The van der Waals surface area contributed by atoms with Gasteiger partial charge in [-0.2, -0.15) is 0 Å². The maximum Gasteiger partial charge on any atom is 0.310 e. The molecule has 6 nitrogen and oxygen atoms in total. The summed E-state index contributed by atoms with van der Waals surface area (Å²) in [6, 6.07) is 0. The second-order valence-corrected chi connectivity index (χ2v) is 5.61. The number of thiocarbonyl (C=S) groups is 1. The van der Waals surface area contributed by atoms with Crippen molar-refractivity contribution in [2.75, 3.05) is 33.9 Å². The summed E-state index contributed by atoms with van der Waals surface area (Å²) in [5.41, 5.74) is 4.95. The summed E-state index contributed by atoms with van der Waals surface area (Å²) in [6.07, 6.45) is 0.968. The molecule has 2 N–H and O–H groups in total. The molecule has 20 heavy (non-hydrogen) atoms. The van der Waals surface area contributed by atoms with Crippen LogP contribution in [0, 0.1) is 11.3 Å². The van der Waals surface area contributed by atoms with E-state index in [-0.39, 0.29) is 23.4 Å². The van der Waals surface area contributed by atoms with Crippen molar-refractivity contribution in [2.45, 2.75) is 19.8 Å². The van der Waals surface area contributed by atoms with Gasteiger partial charge in [-0.25, -0.2) is 0 Å². The number of carbonyl (C=O) groups excluding carboxylic acids is 2. The van der Waals surface area contributed by atoms with Crippen molar-refractivity contribution in [3.05, 3.63) is 0 Å². The molecular formula is C13H22N2O4S. The Labute approximate surface area is 124 Å². The van der Waals surface area contributed by atoms with Gasteiger partial charge in [0.2, 0.25) is 5.91 Å². The second-order valence-electron chi connectivity index (χ2n) is 5.17. The Kier molecular flexibility index (Phi) is 5.88. The van der Waals surface area contributed by atoms with Gasteiger partial charge >= 0.3 is 5.97 Å². The molecular weight excluding hydrogens is 280 g/mol. The van der Waals surface area contributed by atoms with Gasteiger partial charge in [-0.1, -0.05) is 19.1 Å². The van der Waals surface area contributed by atoms with E-state index in [1.807, 2.05) is 0 Å². The van der Waals surface area contributed by atoms with E-state index in [1.54, 1.807) is 14.0 Å². The van der Waals surface area contributed by atoms with E-state index in [0.717, 1.165) is 0 Å². The summed E-state index contributed by atoms with van der Waals surface area (Å²) in [5.74, 6) is -0.887. The highest BCUT2D eigenvalue weighted by atomic mass is 32.1.